The lowest BCUT2D eigenvalue weighted by molar-refractivity contribution is -0.385. The molecule has 0 aliphatic heterocycles. The van der Waals surface area contributed by atoms with Crippen LogP contribution in [-0.4, -0.2) is 21.6 Å². The molecule has 0 unspecified atom stereocenters. The molecule has 6 nitrogen and oxygen atoms in total. The number of aromatic hydroxyl groups is 1. The number of aromatic nitrogens is 1. The predicted octanol–water partition coefficient (Wildman–Crippen LogP) is 3.87. The monoisotopic (exact) mass is 365 g/mol. The highest BCUT2D eigenvalue weighted by Gasteiger charge is 2.17. The number of phenolic OH excluding ortho intramolecular Hbond substituents is 1. The summed E-state index contributed by atoms with van der Waals surface area (Å²) in [5.74, 6) is 0.845. The van der Waals surface area contributed by atoms with Crippen LogP contribution in [0.25, 0.3) is 0 Å². The largest absolute Gasteiger partial charge is 0.508 e. The number of benzene rings is 1. The number of rotatable bonds is 6. The minimum Gasteiger partial charge on any atom is -0.508 e. The molecule has 0 radical (unpaired) electrons. The molecular weight excluding hydrogens is 350 g/mol. The highest BCUT2D eigenvalue weighted by Crippen LogP contribution is 2.30. The van der Waals surface area contributed by atoms with Gasteiger partial charge in [0.05, 0.1) is 9.40 Å². The maximum Gasteiger partial charge on any atom is 0.288 e. The van der Waals surface area contributed by atoms with Crippen LogP contribution < -0.4 is 4.90 Å². The van der Waals surface area contributed by atoms with Gasteiger partial charge in [0.25, 0.3) is 5.69 Å². The zero-order valence-corrected chi connectivity index (χ0v) is 13.7. The highest BCUT2D eigenvalue weighted by atomic mass is 79.9. The van der Waals surface area contributed by atoms with Crippen LogP contribution in [-0.2, 0) is 6.54 Å². The van der Waals surface area contributed by atoms with Crippen molar-refractivity contribution in [2.45, 2.75) is 19.9 Å². The molecule has 7 heteroatoms. The first kappa shape index (κ1) is 16.2. The number of phenols is 1. The molecule has 2 rings (SSSR count). The number of anilines is 1. The Morgan fingerprint density at radius 3 is 2.73 bits per heavy atom. The summed E-state index contributed by atoms with van der Waals surface area (Å²) in [5.41, 5.74) is 0.720. The minimum atomic E-state index is -0.477. The number of hydrogen-bond donors (Lipinski definition) is 1. The zero-order valence-electron chi connectivity index (χ0n) is 12.1. The van der Waals surface area contributed by atoms with Gasteiger partial charge in [0.1, 0.15) is 17.8 Å². The van der Waals surface area contributed by atoms with Crippen molar-refractivity contribution in [1.82, 2.24) is 4.98 Å². The van der Waals surface area contributed by atoms with Crippen LogP contribution in [0.5, 0.6) is 5.75 Å². The van der Waals surface area contributed by atoms with Crippen molar-refractivity contribution < 1.29 is 10.0 Å². The van der Waals surface area contributed by atoms with Gasteiger partial charge in [-0.1, -0.05) is 25.1 Å². The first-order valence-corrected chi connectivity index (χ1v) is 7.64. The molecule has 0 aliphatic carbocycles. The van der Waals surface area contributed by atoms with Crippen LogP contribution in [0, 0.1) is 10.1 Å². The number of nitrogens with zero attached hydrogens (tertiary/aromatic N) is 3. The molecule has 0 spiro atoms. The van der Waals surface area contributed by atoms with Gasteiger partial charge in [-0.25, -0.2) is 4.98 Å². The third-order valence-electron chi connectivity index (χ3n) is 3.16. The molecule has 0 saturated carbocycles. The van der Waals surface area contributed by atoms with E-state index in [9.17, 15) is 15.2 Å². The van der Waals surface area contributed by atoms with E-state index < -0.39 is 4.92 Å². The number of nitro groups is 1. The summed E-state index contributed by atoms with van der Waals surface area (Å²) in [6.45, 7) is 3.23. The Bertz CT molecular complexity index is 679. The molecule has 1 aromatic heterocycles. The summed E-state index contributed by atoms with van der Waals surface area (Å²) < 4.78 is 0.561. The molecule has 1 aromatic carbocycles. The Morgan fingerprint density at radius 1 is 1.41 bits per heavy atom. The first-order chi connectivity index (χ1) is 10.5. The Morgan fingerprint density at radius 2 is 2.14 bits per heavy atom. The molecule has 2 aromatic rings. The fraction of sp³-hybridized carbons (Fsp3) is 0.267. The molecule has 1 heterocycles. The molecular formula is C15H16BrN3O3. The second-order valence-electron chi connectivity index (χ2n) is 4.81. The van der Waals surface area contributed by atoms with Gasteiger partial charge in [0.2, 0.25) is 0 Å². The minimum absolute atomic E-state index is 0.0605. The van der Waals surface area contributed by atoms with Crippen molar-refractivity contribution in [3.63, 3.8) is 0 Å². The van der Waals surface area contributed by atoms with Crippen molar-refractivity contribution in [2.75, 3.05) is 11.4 Å². The topological polar surface area (TPSA) is 79.5 Å². The summed E-state index contributed by atoms with van der Waals surface area (Å²) in [4.78, 5) is 16.5. The van der Waals surface area contributed by atoms with E-state index in [4.69, 9.17) is 0 Å². The van der Waals surface area contributed by atoms with Gasteiger partial charge < -0.3 is 10.0 Å². The van der Waals surface area contributed by atoms with Crippen LogP contribution in [0.3, 0.4) is 0 Å². The van der Waals surface area contributed by atoms with Gasteiger partial charge >= 0.3 is 0 Å². The number of pyridine rings is 1. The molecule has 0 bridgehead atoms. The molecule has 0 aliphatic rings. The molecule has 0 fully saturated rings. The van der Waals surface area contributed by atoms with E-state index in [0.717, 1.165) is 18.5 Å². The van der Waals surface area contributed by atoms with Crippen molar-refractivity contribution in [1.29, 1.82) is 0 Å². The van der Waals surface area contributed by atoms with Crippen LogP contribution in [0.4, 0.5) is 11.5 Å². The van der Waals surface area contributed by atoms with Crippen molar-refractivity contribution in [2.24, 2.45) is 0 Å². The zero-order chi connectivity index (χ0) is 16.1. The van der Waals surface area contributed by atoms with E-state index in [-0.39, 0.29) is 11.4 Å². The molecule has 0 amide bonds. The fourth-order valence-electron chi connectivity index (χ4n) is 2.13. The molecule has 0 atom stereocenters. The van der Waals surface area contributed by atoms with Gasteiger partial charge in [0.15, 0.2) is 0 Å². The second kappa shape index (κ2) is 7.22. The first-order valence-electron chi connectivity index (χ1n) is 6.84. The van der Waals surface area contributed by atoms with Crippen LogP contribution in [0.1, 0.15) is 18.9 Å². The number of halogens is 1. The van der Waals surface area contributed by atoms with Crippen LogP contribution >= 0.6 is 15.9 Å². The van der Waals surface area contributed by atoms with Crippen molar-refractivity contribution in [3.8, 4) is 5.75 Å². The Kier molecular flexibility index (Phi) is 5.32. The van der Waals surface area contributed by atoms with E-state index >= 15 is 0 Å². The Hall–Kier alpha value is -2.15. The van der Waals surface area contributed by atoms with E-state index in [2.05, 4.69) is 20.9 Å². The lowest BCUT2D eigenvalue weighted by Crippen LogP contribution is -2.25. The third-order valence-corrected chi connectivity index (χ3v) is 3.75. The summed E-state index contributed by atoms with van der Waals surface area (Å²) in [7, 11) is 0. The van der Waals surface area contributed by atoms with Crippen molar-refractivity contribution >= 4 is 27.4 Å². The van der Waals surface area contributed by atoms with Crippen LogP contribution in [0.15, 0.2) is 41.0 Å². The number of para-hydroxylation sites is 1. The van der Waals surface area contributed by atoms with Gasteiger partial charge in [-0.2, -0.15) is 0 Å². The molecule has 1 N–H and O–H groups in total. The van der Waals surface area contributed by atoms with E-state index in [1.165, 1.54) is 12.3 Å². The van der Waals surface area contributed by atoms with E-state index in [1.54, 1.807) is 12.1 Å². The normalized spacial score (nSPS) is 10.5. The Balaban J connectivity index is 2.32. The van der Waals surface area contributed by atoms with Gasteiger partial charge in [-0.3, -0.25) is 10.1 Å². The van der Waals surface area contributed by atoms with E-state index in [0.29, 0.717) is 16.8 Å². The quantitative estimate of drug-likeness (QED) is 0.620. The summed E-state index contributed by atoms with van der Waals surface area (Å²) in [5, 5.41) is 20.7. The SMILES string of the molecule is CCCN(Cc1ccccc1O)c1ncc([N+](=O)[O-])cc1Br. The average molecular weight is 366 g/mol. The number of hydrogen-bond acceptors (Lipinski definition) is 5. The average Bonchev–Trinajstić information content (AvgIpc) is 2.49. The van der Waals surface area contributed by atoms with E-state index in [1.807, 2.05) is 24.0 Å². The fourth-order valence-corrected chi connectivity index (χ4v) is 2.72. The Labute approximate surface area is 136 Å². The smallest absolute Gasteiger partial charge is 0.288 e. The highest BCUT2D eigenvalue weighted by molar-refractivity contribution is 9.10. The standard InChI is InChI=1S/C15H16BrN3O3/c1-2-7-18(10-11-5-3-4-6-14(11)20)15-13(16)8-12(9-17-15)19(21)22/h3-6,8-9,20H,2,7,10H2,1H3. The lowest BCUT2D eigenvalue weighted by atomic mass is 10.2. The molecule has 0 saturated heterocycles. The van der Waals surface area contributed by atoms with Crippen LogP contribution in [0.2, 0.25) is 0 Å². The maximum atomic E-state index is 10.8. The second-order valence-corrected chi connectivity index (χ2v) is 5.66. The molecule has 22 heavy (non-hydrogen) atoms. The summed E-state index contributed by atoms with van der Waals surface area (Å²) >= 11 is 3.35. The predicted molar refractivity (Wildman–Crippen MR) is 88.0 cm³/mol. The van der Waals surface area contributed by atoms with Gasteiger partial charge in [-0.05, 0) is 28.4 Å². The lowest BCUT2D eigenvalue weighted by Gasteiger charge is -2.24. The summed E-state index contributed by atoms with van der Waals surface area (Å²) in [6.07, 6.45) is 2.13. The maximum absolute atomic E-state index is 10.8. The van der Waals surface area contributed by atoms with Gasteiger partial charge in [0, 0.05) is 24.7 Å². The van der Waals surface area contributed by atoms with Crippen molar-refractivity contribution in [3.05, 3.63) is 56.7 Å². The van der Waals surface area contributed by atoms with Gasteiger partial charge in [-0.15, -0.1) is 0 Å². The summed E-state index contributed by atoms with van der Waals surface area (Å²) in [6, 6.07) is 8.55. The third kappa shape index (κ3) is 3.73. The molecule has 116 valence electrons.